The van der Waals surface area contributed by atoms with Gasteiger partial charge in [0.05, 0.1) is 0 Å². The molecule has 2 aromatic rings. The number of hydrogen-bond donors (Lipinski definition) is 1. The topological polar surface area (TPSA) is 73.3 Å². The molecular weight excluding hydrogens is 370 g/mol. The van der Waals surface area contributed by atoms with E-state index in [1.165, 1.54) is 11.3 Å². The molecule has 0 saturated carbocycles. The fourth-order valence-corrected chi connectivity index (χ4v) is 3.13. The Morgan fingerprint density at radius 3 is 2.95 bits per heavy atom. The lowest BCUT2D eigenvalue weighted by Gasteiger charge is -2.05. The molecule has 0 radical (unpaired) electrons. The van der Waals surface area contributed by atoms with Crippen LogP contribution in [0.1, 0.15) is 24.0 Å². The van der Waals surface area contributed by atoms with Crippen LogP contribution in [0.4, 0.5) is 5.13 Å². The Hall–Kier alpha value is -1.51. The van der Waals surface area contributed by atoms with Crippen molar-refractivity contribution in [3.8, 4) is 5.75 Å². The lowest BCUT2D eigenvalue weighted by Crippen LogP contribution is -2.20. The van der Waals surface area contributed by atoms with Gasteiger partial charge in [0.2, 0.25) is 5.13 Å². The second-order valence-electron chi connectivity index (χ2n) is 4.74. The molecule has 22 heavy (non-hydrogen) atoms. The number of carbonyl (C=O) groups is 1. The highest BCUT2D eigenvalue weighted by molar-refractivity contribution is 9.10. The van der Waals surface area contributed by atoms with Crippen molar-refractivity contribution >= 4 is 38.3 Å². The molecule has 2 heterocycles. The molecule has 1 saturated heterocycles. The summed E-state index contributed by atoms with van der Waals surface area (Å²) in [7, 11) is 0. The Morgan fingerprint density at radius 2 is 2.23 bits per heavy atom. The molecule has 1 aromatic heterocycles. The normalized spacial score (nSPS) is 17.4. The molecule has 1 fully saturated rings. The quantitative estimate of drug-likeness (QED) is 0.857. The van der Waals surface area contributed by atoms with Crippen LogP contribution in [0, 0.1) is 0 Å². The highest BCUT2D eigenvalue weighted by atomic mass is 79.9. The standard InChI is InChI=1S/C14H14BrN3O3S/c15-9-3-5-10(6-4-9)21-8-12(19)16-14-18-17-13(22-14)11-2-1-7-20-11/h3-6,11H,1-2,7-8H2,(H,16,18,19). The number of anilines is 1. The fraction of sp³-hybridized carbons (Fsp3) is 0.357. The van der Waals surface area contributed by atoms with E-state index in [0.29, 0.717) is 10.9 Å². The molecule has 8 heteroatoms. The number of benzene rings is 1. The highest BCUT2D eigenvalue weighted by Crippen LogP contribution is 2.31. The summed E-state index contributed by atoms with van der Waals surface area (Å²) >= 11 is 4.68. The molecular formula is C14H14BrN3O3S. The van der Waals surface area contributed by atoms with Crippen LogP contribution >= 0.6 is 27.3 Å². The Kier molecular flexibility index (Phi) is 5.01. The zero-order valence-electron chi connectivity index (χ0n) is 11.6. The van der Waals surface area contributed by atoms with Crippen molar-refractivity contribution in [1.82, 2.24) is 10.2 Å². The van der Waals surface area contributed by atoms with Gasteiger partial charge in [-0.15, -0.1) is 10.2 Å². The molecule has 1 N–H and O–H groups in total. The van der Waals surface area contributed by atoms with Crippen LogP contribution in [0.15, 0.2) is 28.7 Å². The smallest absolute Gasteiger partial charge is 0.264 e. The van der Waals surface area contributed by atoms with Crippen LogP contribution in [0.2, 0.25) is 0 Å². The van der Waals surface area contributed by atoms with E-state index in [2.05, 4.69) is 31.4 Å². The molecule has 6 nitrogen and oxygen atoms in total. The number of nitrogens with zero attached hydrogens (tertiary/aromatic N) is 2. The van der Waals surface area contributed by atoms with Crippen LogP contribution in [-0.4, -0.2) is 29.3 Å². The minimum atomic E-state index is -0.266. The van der Waals surface area contributed by atoms with E-state index >= 15 is 0 Å². The average molecular weight is 384 g/mol. The molecule has 1 aliphatic rings. The van der Waals surface area contributed by atoms with Crippen LogP contribution in [-0.2, 0) is 9.53 Å². The van der Waals surface area contributed by atoms with E-state index in [1.807, 2.05) is 12.1 Å². The Morgan fingerprint density at radius 1 is 1.41 bits per heavy atom. The van der Waals surface area contributed by atoms with Crippen molar-refractivity contribution in [2.75, 3.05) is 18.5 Å². The number of carbonyl (C=O) groups excluding carboxylic acids is 1. The number of nitrogens with one attached hydrogen (secondary N) is 1. The lowest BCUT2D eigenvalue weighted by atomic mass is 10.2. The third kappa shape index (κ3) is 4.02. The maximum atomic E-state index is 11.8. The van der Waals surface area contributed by atoms with Gasteiger partial charge in [0, 0.05) is 11.1 Å². The van der Waals surface area contributed by atoms with Gasteiger partial charge < -0.3 is 9.47 Å². The predicted molar refractivity (Wildman–Crippen MR) is 86.1 cm³/mol. The Balaban J connectivity index is 1.50. The number of halogens is 1. The van der Waals surface area contributed by atoms with E-state index in [0.717, 1.165) is 28.9 Å². The van der Waals surface area contributed by atoms with E-state index in [4.69, 9.17) is 9.47 Å². The average Bonchev–Trinajstić information content (AvgIpc) is 3.17. The summed E-state index contributed by atoms with van der Waals surface area (Å²) in [6.45, 7) is 0.684. The zero-order valence-corrected chi connectivity index (χ0v) is 14.0. The van der Waals surface area contributed by atoms with Gasteiger partial charge in [-0.3, -0.25) is 10.1 Å². The minimum Gasteiger partial charge on any atom is -0.484 e. The summed E-state index contributed by atoms with van der Waals surface area (Å²) in [5, 5.41) is 12.0. The Labute approximate surface area is 140 Å². The monoisotopic (exact) mass is 383 g/mol. The van der Waals surface area contributed by atoms with Crippen molar-refractivity contribution in [2.24, 2.45) is 0 Å². The van der Waals surface area contributed by atoms with Crippen LogP contribution < -0.4 is 10.1 Å². The molecule has 0 bridgehead atoms. The second kappa shape index (κ2) is 7.17. The first-order chi connectivity index (χ1) is 10.7. The van der Waals surface area contributed by atoms with Gasteiger partial charge >= 0.3 is 0 Å². The number of ether oxygens (including phenoxy) is 2. The van der Waals surface area contributed by atoms with Gasteiger partial charge in [0.25, 0.3) is 5.91 Å². The lowest BCUT2D eigenvalue weighted by molar-refractivity contribution is -0.118. The first kappa shape index (κ1) is 15.4. The first-order valence-corrected chi connectivity index (χ1v) is 8.45. The minimum absolute atomic E-state index is 0.0159. The van der Waals surface area contributed by atoms with Gasteiger partial charge in [0.1, 0.15) is 16.9 Å². The van der Waals surface area contributed by atoms with E-state index in [-0.39, 0.29) is 18.6 Å². The maximum Gasteiger partial charge on any atom is 0.264 e. The number of aromatic nitrogens is 2. The molecule has 1 unspecified atom stereocenters. The molecule has 0 spiro atoms. The number of amides is 1. The van der Waals surface area contributed by atoms with E-state index < -0.39 is 0 Å². The Bertz CT molecular complexity index is 641. The number of rotatable bonds is 5. The first-order valence-electron chi connectivity index (χ1n) is 6.84. The summed E-state index contributed by atoms with van der Waals surface area (Å²) in [6.07, 6.45) is 2.00. The summed E-state index contributed by atoms with van der Waals surface area (Å²) in [4.78, 5) is 11.8. The van der Waals surface area contributed by atoms with Gasteiger partial charge in [-0.1, -0.05) is 27.3 Å². The van der Waals surface area contributed by atoms with Crippen LogP contribution in [0.5, 0.6) is 5.75 Å². The van der Waals surface area contributed by atoms with E-state index in [1.54, 1.807) is 12.1 Å². The molecule has 1 amide bonds. The number of hydrogen-bond acceptors (Lipinski definition) is 6. The van der Waals surface area contributed by atoms with Crippen molar-refractivity contribution in [1.29, 1.82) is 0 Å². The molecule has 0 aliphatic carbocycles. The van der Waals surface area contributed by atoms with Crippen molar-refractivity contribution < 1.29 is 14.3 Å². The van der Waals surface area contributed by atoms with Gasteiger partial charge in [-0.2, -0.15) is 0 Å². The highest BCUT2D eigenvalue weighted by Gasteiger charge is 2.22. The van der Waals surface area contributed by atoms with Crippen molar-refractivity contribution in [2.45, 2.75) is 18.9 Å². The largest absolute Gasteiger partial charge is 0.484 e. The third-order valence-electron chi connectivity index (χ3n) is 3.08. The summed E-state index contributed by atoms with van der Waals surface area (Å²) < 4.78 is 11.9. The third-order valence-corrected chi connectivity index (χ3v) is 4.54. The fourth-order valence-electron chi connectivity index (χ4n) is 2.02. The maximum absolute atomic E-state index is 11.8. The summed E-state index contributed by atoms with van der Waals surface area (Å²) in [5.41, 5.74) is 0. The summed E-state index contributed by atoms with van der Waals surface area (Å²) in [6, 6.07) is 7.29. The van der Waals surface area contributed by atoms with E-state index in [9.17, 15) is 4.79 Å². The molecule has 116 valence electrons. The molecule has 1 aliphatic heterocycles. The summed E-state index contributed by atoms with van der Waals surface area (Å²) in [5.74, 6) is 0.369. The van der Waals surface area contributed by atoms with Crippen LogP contribution in [0.3, 0.4) is 0 Å². The molecule has 1 atom stereocenters. The van der Waals surface area contributed by atoms with Gasteiger partial charge in [-0.25, -0.2) is 0 Å². The zero-order chi connectivity index (χ0) is 15.4. The van der Waals surface area contributed by atoms with Gasteiger partial charge in [-0.05, 0) is 37.1 Å². The SMILES string of the molecule is O=C(COc1ccc(Br)cc1)Nc1nnc(C2CCCO2)s1. The predicted octanol–water partition coefficient (Wildman–Crippen LogP) is 3.17. The van der Waals surface area contributed by atoms with Crippen molar-refractivity contribution in [3.05, 3.63) is 33.7 Å². The van der Waals surface area contributed by atoms with Gasteiger partial charge in [0.15, 0.2) is 6.61 Å². The van der Waals surface area contributed by atoms with Crippen LogP contribution in [0.25, 0.3) is 0 Å². The molecule has 1 aromatic carbocycles. The van der Waals surface area contributed by atoms with Crippen molar-refractivity contribution in [3.63, 3.8) is 0 Å². The molecule has 3 rings (SSSR count). The second-order valence-corrected chi connectivity index (χ2v) is 6.66.